The number of aliphatic carboxylic acids is 1. The van der Waals surface area contributed by atoms with Gasteiger partial charge in [0.25, 0.3) is 5.91 Å². The lowest BCUT2D eigenvalue weighted by Gasteiger charge is -2.13. The summed E-state index contributed by atoms with van der Waals surface area (Å²) in [6.45, 7) is 0. The highest BCUT2D eigenvalue weighted by molar-refractivity contribution is 7.98. The zero-order valence-electron chi connectivity index (χ0n) is 9.85. The van der Waals surface area contributed by atoms with Gasteiger partial charge in [-0.1, -0.05) is 6.07 Å². The molecule has 0 unspecified atom stereocenters. The number of benzene rings is 1. The van der Waals surface area contributed by atoms with E-state index >= 15 is 0 Å². The summed E-state index contributed by atoms with van der Waals surface area (Å²) in [6.07, 6.45) is 2.19. The number of hydrogen-bond acceptors (Lipinski definition) is 3. The number of thioether (sulfide) groups is 1. The Labute approximate surface area is 109 Å². The second-order valence-electron chi connectivity index (χ2n) is 3.66. The van der Waals surface area contributed by atoms with E-state index in [9.17, 15) is 14.0 Å². The summed E-state index contributed by atoms with van der Waals surface area (Å²) in [6, 6.07) is 4.18. The SMILES string of the molecule is CSCC[C@H](NC(=O)c1cccc(F)c1)C(=O)O. The Morgan fingerprint density at radius 3 is 2.78 bits per heavy atom. The van der Waals surface area contributed by atoms with Crippen molar-refractivity contribution in [3.05, 3.63) is 35.6 Å². The van der Waals surface area contributed by atoms with Gasteiger partial charge >= 0.3 is 5.97 Å². The van der Waals surface area contributed by atoms with E-state index in [-0.39, 0.29) is 5.56 Å². The predicted octanol–water partition coefficient (Wildman–Crippen LogP) is 1.76. The standard InChI is InChI=1S/C12H14FNO3S/c1-18-6-5-10(12(16)17)14-11(15)8-3-2-4-9(13)7-8/h2-4,7,10H,5-6H2,1H3,(H,14,15)(H,16,17)/t10-/m0/s1. The van der Waals surface area contributed by atoms with Crippen LogP contribution in [0, 0.1) is 5.82 Å². The van der Waals surface area contributed by atoms with Gasteiger partial charge in [0.2, 0.25) is 0 Å². The van der Waals surface area contributed by atoms with Crippen molar-refractivity contribution in [1.29, 1.82) is 0 Å². The van der Waals surface area contributed by atoms with Crippen LogP contribution in [0.25, 0.3) is 0 Å². The average Bonchev–Trinajstić information content (AvgIpc) is 2.33. The lowest BCUT2D eigenvalue weighted by atomic mass is 10.1. The third-order valence-electron chi connectivity index (χ3n) is 2.30. The summed E-state index contributed by atoms with van der Waals surface area (Å²) in [4.78, 5) is 22.7. The molecule has 0 saturated heterocycles. The Morgan fingerprint density at radius 1 is 1.50 bits per heavy atom. The fourth-order valence-corrected chi connectivity index (χ4v) is 1.84. The fraction of sp³-hybridized carbons (Fsp3) is 0.333. The van der Waals surface area contributed by atoms with E-state index < -0.39 is 23.7 Å². The number of halogens is 1. The smallest absolute Gasteiger partial charge is 0.326 e. The first kappa shape index (κ1) is 14.5. The van der Waals surface area contributed by atoms with Gasteiger partial charge < -0.3 is 10.4 Å². The van der Waals surface area contributed by atoms with E-state index in [1.165, 1.54) is 30.0 Å². The van der Waals surface area contributed by atoms with Crippen LogP contribution >= 0.6 is 11.8 Å². The lowest BCUT2D eigenvalue weighted by molar-refractivity contribution is -0.139. The molecule has 0 spiro atoms. The fourth-order valence-electron chi connectivity index (χ4n) is 1.36. The maximum Gasteiger partial charge on any atom is 0.326 e. The average molecular weight is 271 g/mol. The summed E-state index contributed by atoms with van der Waals surface area (Å²) < 4.78 is 12.9. The highest BCUT2D eigenvalue weighted by Gasteiger charge is 2.20. The van der Waals surface area contributed by atoms with Crippen molar-refractivity contribution in [3.8, 4) is 0 Å². The molecule has 0 saturated carbocycles. The first-order valence-electron chi connectivity index (χ1n) is 5.32. The molecule has 1 rings (SSSR count). The number of hydrogen-bond donors (Lipinski definition) is 2. The molecule has 0 aliphatic rings. The Balaban J connectivity index is 2.69. The van der Waals surface area contributed by atoms with E-state index in [0.29, 0.717) is 12.2 Å². The van der Waals surface area contributed by atoms with Crippen LogP contribution in [0.5, 0.6) is 0 Å². The van der Waals surface area contributed by atoms with Gasteiger partial charge in [-0.05, 0) is 36.6 Å². The summed E-state index contributed by atoms with van der Waals surface area (Å²) >= 11 is 1.50. The van der Waals surface area contributed by atoms with Crippen LogP contribution in [0.3, 0.4) is 0 Å². The van der Waals surface area contributed by atoms with Crippen LogP contribution in [-0.2, 0) is 4.79 Å². The van der Waals surface area contributed by atoms with Crippen LogP contribution in [0.1, 0.15) is 16.8 Å². The molecule has 1 amide bonds. The van der Waals surface area contributed by atoms with Gasteiger partial charge in [-0.3, -0.25) is 4.79 Å². The van der Waals surface area contributed by atoms with Gasteiger partial charge in [0, 0.05) is 5.56 Å². The molecule has 1 aromatic carbocycles. The quantitative estimate of drug-likeness (QED) is 0.827. The monoisotopic (exact) mass is 271 g/mol. The van der Waals surface area contributed by atoms with Crippen LogP contribution in [0.15, 0.2) is 24.3 Å². The number of rotatable bonds is 6. The minimum Gasteiger partial charge on any atom is -0.480 e. The van der Waals surface area contributed by atoms with E-state index in [4.69, 9.17) is 5.11 Å². The Morgan fingerprint density at radius 2 is 2.22 bits per heavy atom. The minimum absolute atomic E-state index is 0.116. The van der Waals surface area contributed by atoms with Crippen LogP contribution < -0.4 is 5.32 Å². The second kappa shape index (κ2) is 7.00. The topological polar surface area (TPSA) is 66.4 Å². The number of carbonyl (C=O) groups excluding carboxylic acids is 1. The number of carbonyl (C=O) groups is 2. The molecule has 1 atom stereocenters. The van der Waals surface area contributed by atoms with Crippen molar-refractivity contribution in [2.24, 2.45) is 0 Å². The molecule has 2 N–H and O–H groups in total. The van der Waals surface area contributed by atoms with Crippen molar-refractivity contribution in [3.63, 3.8) is 0 Å². The molecule has 0 aromatic heterocycles. The summed E-state index contributed by atoms with van der Waals surface area (Å²) in [5.74, 6) is -1.57. The number of carboxylic acid groups (broad SMARTS) is 1. The molecule has 0 bridgehead atoms. The molecule has 0 fully saturated rings. The first-order chi connectivity index (χ1) is 8.54. The maximum atomic E-state index is 12.9. The van der Waals surface area contributed by atoms with Crippen molar-refractivity contribution < 1.29 is 19.1 Å². The summed E-state index contributed by atoms with van der Waals surface area (Å²) in [5.41, 5.74) is 0.116. The molecule has 0 aliphatic heterocycles. The molecule has 0 radical (unpaired) electrons. The van der Waals surface area contributed by atoms with Gasteiger partial charge in [0.05, 0.1) is 0 Å². The molecule has 0 heterocycles. The first-order valence-corrected chi connectivity index (χ1v) is 6.72. The molecule has 98 valence electrons. The molecule has 6 heteroatoms. The van der Waals surface area contributed by atoms with E-state index in [1.807, 2.05) is 6.26 Å². The van der Waals surface area contributed by atoms with E-state index in [2.05, 4.69) is 5.32 Å². The van der Waals surface area contributed by atoms with Crippen molar-refractivity contribution in [1.82, 2.24) is 5.32 Å². The maximum absolute atomic E-state index is 12.9. The van der Waals surface area contributed by atoms with Gasteiger partial charge in [0.15, 0.2) is 0 Å². The number of nitrogens with one attached hydrogen (secondary N) is 1. The minimum atomic E-state index is -1.09. The normalized spacial score (nSPS) is 11.9. The molecule has 4 nitrogen and oxygen atoms in total. The van der Waals surface area contributed by atoms with Gasteiger partial charge in [-0.25, -0.2) is 9.18 Å². The molecule has 1 aromatic rings. The summed E-state index contributed by atoms with van der Waals surface area (Å²) in [7, 11) is 0. The van der Waals surface area contributed by atoms with Gasteiger partial charge in [0.1, 0.15) is 11.9 Å². The molecule has 0 aliphatic carbocycles. The van der Waals surface area contributed by atoms with Crippen LogP contribution in [0.4, 0.5) is 4.39 Å². The molecular formula is C12H14FNO3S. The number of carboxylic acids is 1. The van der Waals surface area contributed by atoms with Gasteiger partial charge in [-0.2, -0.15) is 11.8 Å². The highest BCUT2D eigenvalue weighted by Crippen LogP contribution is 2.06. The van der Waals surface area contributed by atoms with E-state index in [1.54, 1.807) is 0 Å². The number of amides is 1. The van der Waals surface area contributed by atoms with Crippen LogP contribution in [0.2, 0.25) is 0 Å². The van der Waals surface area contributed by atoms with Crippen molar-refractivity contribution in [2.45, 2.75) is 12.5 Å². The molecular weight excluding hydrogens is 257 g/mol. The van der Waals surface area contributed by atoms with E-state index in [0.717, 1.165) is 6.07 Å². The van der Waals surface area contributed by atoms with Crippen LogP contribution in [-0.4, -0.2) is 35.0 Å². The molecule has 18 heavy (non-hydrogen) atoms. The second-order valence-corrected chi connectivity index (χ2v) is 4.64. The zero-order valence-corrected chi connectivity index (χ0v) is 10.7. The Bertz CT molecular complexity index is 439. The lowest BCUT2D eigenvalue weighted by Crippen LogP contribution is -2.41. The Hall–Kier alpha value is -1.56. The predicted molar refractivity (Wildman–Crippen MR) is 68.3 cm³/mol. The summed E-state index contributed by atoms with van der Waals surface area (Å²) in [5, 5.41) is 11.3. The highest BCUT2D eigenvalue weighted by atomic mass is 32.2. The third kappa shape index (κ3) is 4.37. The largest absolute Gasteiger partial charge is 0.480 e. The third-order valence-corrected chi connectivity index (χ3v) is 2.94. The Kier molecular flexibility index (Phi) is 5.64. The van der Waals surface area contributed by atoms with Crippen molar-refractivity contribution >= 4 is 23.6 Å². The van der Waals surface area contributed by atoms with Crippen molar-refractivity contribution in [2.75, 3.05) is 12.0 Å². The van der Waals surface area contributed by atoms with Gasteiger partial charge in [-0.15, -0.1) is 0 Å². The zero-order chi connectivity index (χ0) is 13.5.